The van der Waals surface area contributed by atoms with E-state index in [0.29, 0.717) is 16.0 Å². The van der Waals surface area contributed by atoms with Gasteiger partial charge in [-0.25, -0.2) is 9.97 Å². The highest BCUT2D eigenvalue weighted by Crippen LogP contribution is 2.30. The van der Waals surface area contributed by atoms with Gasteiger partial charge in [-0.1, -0.05) is 29.3 Å². The van der Waals surface area contributed by atoms with Crippen LogP contribution < -0.4 is 4.90 Å². The van der Waals surface area contributed by atoms with Crippen LogP contribution in [0, 0.1) is 5.92 Å². The number of aromatic amines is 1. The van der Waals surface area contributed by atoms with Crippen molar-refractivity contribution in [3.8, 4) is 22.6 Å². The molecule has 1 saturated heterocycles. The number of imidazole rings is 1. The predicted octanol–water partition coefficient (Wildman–Crippen LogP) is 4.65. The van der Waals surface area contributed by atoms with Gasteiger partial charge in [0.15, 0.2) is 0 Å². The summed E-state index contributed by atoms with van der Waals surface area (Å²) in [7, 11) is 0. The topological polar surface area (TPSA) is 65.0 Å². The largest absolute Gasteiger partial charge is 0.396 e. The van der Waals surface area contributed by atoms with Gasteiger partial charge in [-0.15, -0.1) is 0 Å². The molecule has 140 valence electrons. The van der Waals surface area contributed by atoms with Gasteiger partial charge in [0.1, 0.15) is 11.6 Å². The van der Waals surface area contributed by atoms with E-state index < -0.39 is 0 Å². The van der Waals surface area contributed by atoms with Crippen molar-refractivity contribution in [2.24, 2.45) is 5.92 Å². The van der Waals surface area contributed by atoms with Crippen LogP contribution in [0.2, 0.25) is 10.0 Å². The molecule has 3 heterocycles. The molecule has 27 heavy (non-hydrogen) atoms. The quantitative estimate of drug-likeness (QED) is 0.666. The molecule has 0 amide bonds. The van der Waals surface area contributed by atoms with E-state index in [9.17, 15) is 5.11 Å². The fourth-order valence-electron chi connectivity index (χ4n) is 3.44. The molecule has 0 spiro atoms. The zero-order chi connectivity index (χ0) is 18.8. The van der Waals surface area contributed by atoms with Gasteiger partial charge in [-0.05, 0) is 43.0 Å². The second-order valence-electron chi connectivity index (χ2n) is 6.81. The molecule has 1 fully saturated rings. The van der Waals surface area contributed by atoms with Crippen LogP contribution in [0.25, 0.3) is 22.6 Å². The summed E-state index contributed by atoms with van der Waals surface area (Å²) in [5.41, 5.74) is 2.77. The number of piperidine rings is 1. The SMILES string of the molecule is OCC1CCCN(c2cc(-c3ncc(-c4ccc(Cl)c(Cl)c4)[nH]3)ccn2)C1. The first kappa shape index (κ1) is 18.3. The summed E-state index contributed by atoms with van der Waals surface area (Å²) >= 11 is 12.1. The van der Waals surface area contributed by atoms with Crippen molar-refractivity contribution in [1.82, 2.24) is 15.0 Å². The van der Waals surface area contributed by atoms with Crippen molar-refractivity contribution in [3.05, 3.63) is 52.8 Å². The zero-order valence-electron chi connectivity index (χ0n) is 14.7. The van der Waals surface area contributed by atoms with E-state index in [2.05, 4.69) is 19.9 Å². The predicted molar refractivity (Wildman–Crippen MR) is 109 cm³/mol. The van der Waals surface area contributed by atoms with Crippen LogP contribution >= 0.6 is 23.2 Å². The Balaban J connectivity index is 1.59. The lowest BCUT2D eigenvalue weighted by Gasteiger charge is -2.32. The van der Waals surface area contributed by atoms with E-state index in [-0.39, 0.29) is 6.61 Å². The number of nitrogens with zero attached hydrogens (tertiary/aromatic N) is 3. The maximum Gasteiger partial charge on any atom is 0.137 e. The van der Waals surface area contributed by atoms with Crippen LogP contribution in [0.5, 0.6) is 0 Å². The Bertz CT molecular complexity index is 943. The van der Waals surface area contributed by atoms with E-state index in [1.807, 2.05) is 24.3 Å². The lowest BCUT2D eigenvalue weighted by atomic mass is 9.99. The molecular formula is C20H20Cl2N4O. The van der Waals surface area contributed by atoms with Gasteiger partial charge in [0.25, 0.3) is 0 Å². The van der Waals surface area contributed by atoms with Gasteiger partial charge in [0.05, 0.1) is 21.9 Å². The van der Waals surface area contributed by atoms with Crippen molar-refractivity contribution >= 4 is 29.0 Å². The third kappa shape index (κ3) is 3.95. The fraction of sp³-hybridized carbons (Fsp3) is 0.300. The van der Waals surface area contributed by atoms with Crippen LogP contribution in [-0.4, -0.2) is 39.8 Å². The third-order valence-electron chi connectivity index (χ3n) is 4.93. The number of hydrogen-bond acceptors (Lipinski definition) is 4. The van der Waals surface area contributed by atoms with E-state index in [1.165, 1.54) is 0 Å². The van der Waals surface area contributed by atoms with Gasteiger partial charge < -0.3 is 15.0 Å². The van der Waals surface area contributed by atoms with Crippen LogP contribution in [0.1, 0.15) is 12.8 Å². The lowest BCUT2D eigenvalue weighted by Crippen LogP contribution is -2.37. The summed E-state index contributed by atoms with van der Waals surface area (Å²) in [5.74, 6) is 2.00. The number of aromatic nitrogens is 3. The molecule has 0 bridgehead atoms. The minimum atomic E-state index is 0.224. The van der Waals surface area contributed by atoms with Crippen molar-refractivity contribution < 1.29 is 5.11 Å². The Kier molecular flexibility index (Phi) is 5.34. The molecule has 1 aliphatic heterocycles. The monoisotopic (exact) mass is 402 g/mol. The Morgan fingerprint density at radius 2 is 2.00 bits per heavy atom. The molecule has 3 aromatic rings. The molecule has 1 aromatic carbocycles. The van der Waals surface area contributed by atoms with E-state index in [4.69, 9.17) is 23.2 Å². The van der Waals surface area contributed by atoms with Gasteiger partial charge in [0.2, 0.25) is 0 Å². The smallest absolute Gasteiger partial charge is 0.137 e. The summed E-state index contributed by atoms with van der Waals surface area (Å²) in [6, 6.07) is 9.48. The Morgan fingerprint density at radius 3 is 2.81 bits per heavy atom. The molecule has 1 atom stereocenters. The molecule has 1 aliphatic rings. The first-order valence-electron chi connectivity index (χ1n) is 8.96. The number of anilines is 1. The van der Waals surface area contributed by atoms with Crippen molar-refractivity contribution in [1.29, 1.82) is 0 Å². The lowest BCUT2D eigenvalue weighted by molar-refractivity contribution is 0.208. The Hall–Kier alpha value is -2.08. The maximum atomic E-state index is 9.46. The average molecular weight is 403 g/mol. The molecule has 2 aromatic heterocycles. The van der Waals surface area contributed by atoms with Crippen molar-refractivity contribution in [2.45, 2.75) is 12.8 Å². The highest BCUT2D eigenvalue weighted by Gasteiger charge is 2.20. The van der Waals surface area contributed by atoms with Crippen LogP contribution in [0.3, 0.4) is 0 Å². The third-order valence-corrected chi connectivity index (χ3v) is 5.67. The molecule has 2 N–H and O–H groups in total. The van der Waals surface area contributed by atoms with Gasteiger partial charge in [-0.3, -0.25) is 0 Å². The highest BCUT2D eigenvalue weighted by atomic mass is 35.5. The van der Waals surface area contributed by atoms with E-state index in [0.717, 1.165) is 54.4 Å². The molecule has 0 saturated carbocycles. The molecule has 0 radical (unpaired) electrons. The van der Waals surface area contributed by atoms with Crippen molar-refractivity contribution in [3.63, 3.8) is 0 Å². The fourth-order valence-corrected chi connectivity index (χ4v) is 3.74. The Morgan fingerprint density at radius 1 is 1.11 bits per heavy atom. The number of nitrogens with one attached hydrogen (secondary N) is 1. The Labute approximate surface area is 168 Å². The summed E-state index contributed by atoms with van der Waals surface area (Å²) in [4.78, 5) is 14.6. The number of H-pyrrole nitrogens is 1. The first-order valence-corrected chi connectivity index (χ1v) is 9.72. The van der Waals surface area contributed by atoms with Crippen molar-refractivity contribution in [2.75, 3.05) is 24.6 Å². The molecule has 1 unspecified atom stereocenters. The number of hydrogen-bond donors (Lipinski definition) is 2. The van der Waals surface area contributed by atoms with Gasteiger partial charge in [0, 0.05) is 37.0 Å². The summed E-state index contributed by atoms with van der Waals surface area (Å²) in [6.07, 6.45) is 5.73. The second-order valence-corrected chi connectivity index (χ2v) is 7.63. The summed E-state index contributed by atoms with van der Waals surface area (Å²) in [6.45, 7) is 2.01. The maximum absolute atomic E-state index is 9.46. The normalized spacial score (nSPS) is 17.3. The highest BCUT2D eigenvalue weighted by molar-refractivity contribution is 6.42. The van der Waals surface area contributed by atoms with Crippen LogP contribution in [0.4, 0.5) is 5.82 Å². The minimum absolute atomic E-state index is 0.224. The molecular weight excluding hydrogens is 383 g/mol. The summed E-state index contributed by atoms with van der Waals surface area (Å²) in [5, 5.41) is 10.5. The summed E-state index contributed by atoms with van der Waals surface area (Å²) < 4.78 is 0. The number of benzene rings is 1. The number of aliphatic hydroxyl groups is 1. The van der Waals surface area contributed by atoms with Crippen LogP contribution in [-0.2, 0) is 0 Å². The zero-order valence-corrected chi connectivity index (χ0v) is 16.2. The van der Waals surface area contributed by atoms with E-state index >= 15 is 0 Å². The van der Waals surface area contributed by atoms with E-state index in [1.54, 1.807) is 18.5 Å². The number of rotatable bonds is 4. The van der Waals surface area contributed by atoms with Gasteiger partial charge in [-0.2, -0.15) is 0 Å². The molecule has 0 aliphatic carbocycles. The first-order chi connectivity index (χ1) is 13.1. The number of halogens is 2. The van der Waals surface area contributed by atoms with Gasteiger partial charge >= 0.3 is 0 Å². The van der Waals surface area contributed by atoms with Crippen LogP contribution in [0.15, 0.2) is 42.7 Å². The second kappa shape index (κ2) is 7.89. The molecule has 4 rings (SSSR count). The number of pyridine rings is 1. The minimum Gasteiger partial charge on any atom is -0.396 e. The number of aliphatic hydroxyl groups excluding tert-OH is 1. The standard InChI is InChI=1S/C20H20Cl2N4O/c21-16-4-3-14(8-17(16)22)18-10-24-20(25-18)15-5-6-23-19(9-15)26-7-1-2-13(11-26)12-27/h3-6,8-10,13,27H,1-2,7,11-12H2,(H,24,25). The average Bonchev–Trinajstić information content (AvgIpc) is 3.20. The molecule has 5 nitrogen and oxygen atoms in total. The molecule has 7 heteroatoms.